The second-order valence-electron chi connectivity index (χ2n) is 5.78. The highest BCUT2D eigenvalue weighted by Crippen LogP contribution is 2.31. The first-order valence-electron chi connectivity index (χ1n) is 7.72. The lowest BCUT2D eigenvalue weighted by molar-refractivity contribution is 0.208. The van der Waals surface area contributed by atoms with Gasteiger partial charge in [-0.15, -0.1) is 0 Å². The maximum atomic E-state index is 9.51. The molecule has 7 heteroatoms. The van der Waals surface area contributed by atoms with Crippen LogP contribution in [0.15, 0.2) is 41.1 Å². The largest absolute Gasteiger partial charge is 0.418 e. The summed E-state index contributed by atoms with van der Waals surface area (Å²) in [4.78, 5) is 13.5. The molecule has 7 nitrogen and oxygen atoms in total. The number of rotatable bonds is 4. The van der Waals surface area contributed by atoms with Crippen molar-refractivity contribution < 1.29 is 9.52 Å². The average molecular weight is 323 g/mol. The topological polar surface area (TPSA) is 89.0 Å². The highest BCUT2D eigenvalue weighted by Gasteiger charge is 2.18. The van der Waals surface area contributed by atoms with Crippen LogP contribution in [0.3, 0.4) is 0 Å². The summed E-state index contributed by atoms with van der Waals surface area (Å²) in [6.45, 7) is 2.09. The molecule has 4 rings (SSSR count). The lowest BCUT2D eigenvalue weighted by Crippen LogP contribution is -2.16. The van der Waals surface area contributed by atoms with E-state index in [0.717, 1.165) is 11.1 Å². The zero-order valence-electron chi connectivity index (χ0n) is 13.4. The van der Waals surface area contributed by atoms with Crippen molar-refractivity contribution in [3.63, 3.8) is 0 Å². The minimum Gasteiger partial charge on any atom is -0.418 e. The second-order valence-corrected chi connectivity index (χ2v) is 5.78. The summed E-state index contributed by atoms with van der Waals surface area (Å²) in [6.07, 6.45) is 1.23. The van der Waals surface area contributed by atoms with Crippen molar-refractivity contribution in [3.05, 3.63) is 36.7 Å². The summed E-state index contributed by atoms with van der Waals surface area (Å²) in [6, 6.07) is 9.71. The number of hydrogen-bond donors (Lipinski definition) is 2. The summed E-state index contributed by atoms with van der Waals surface area (Å²) in [5.41, 5.74) is 3.56. The maximum Gasteiger partial charge on any atom is 0.251 e. The van der Waals surface area contributed by atoms with E-state index in [-0.39, 0.29) is 0 Å². The Morgan fingerprint density at radius 3 is 2.75 bits per heavy atom. The van der Waals surface area contributed by atoms with E-state index >= 15 is 0 Å². The van der Waals surface area contributed by atoms with Gasteiger partial charge in [-0.05, 0) is 19.1 Å². The van der Waals surface area contributed by atoms with Crippen LogP contribution < -0.4 is 5.32 Å². The maximum absolute atomic E-state index is 9.51. The van der Waals surface area contributed by atoms with Crippen LogP contribution in [-0.4, -0.2) is 37.3 Å². The smallest absolute Gasteiger partial charge is 0.251 e. The van der Waals surface area contributed by atoms with E-state index in [9.17, 15) is 5.11 Å². The number of aliphatic hydroxyl groups excluding tert-OH is 1. The van der Waals surface area contributed by atoms with Crippen LogP contribution in [0, 0.1) is 0 Å². The number of aryl methyl sites for hydroxylation is 1. The van der Waals surface area contributed by atoms with E-state index < -0.39 is 6.10 Å². The van der Waals surface area contributed by atoms with Gasteiger partial charge in [0.25, 0.3) is 5.71 Å². The van der Waals surface area contributed by atoms with Crippen molar-refractivity contribution in [1.29, 1.82) is 0 Å². The molecule has 2 N–H and O–H groups in total. The zero-order chi connectivity index (χ0) is 16.7. The number of benzene rings is 1. The number of aliphatic hydroxyl groups is 1. The SMILES string of the molecule is CC(O)CNc1nc2oc(-c3ccccc3)nc2c2c1ncn2C. The number of imidazole rings is 1. The number of nitrogens with zero attached hydrogens (tertiary/aromatic N) is 4. The molecule has 4 aromatic rings. The standard InChI is InChI=1S/C17H17N5O2/c1-10(23)8-18-15-12-14(22(2)9-19-12)13-17(21-15)24-16(20-13)11-6-4-3-5-7-11/h3-7,9-10,23H,8H2,1-2H3,(H,18,21). The van der Waals surface area contributed by atoms with E-state index in [1.165, 1.54) is 0 Å². The molecule has 0 saturated heterocycles. The number of nitrogens with one attached hydrogen (secondary N) is 1. The van der Waals surface area contributed by atoms with Crippen molar-refractivity contribution in [1.82, 2.24) is 19.5 Å². The Hall–Kier alpha value is -2.93. The fourth-order valence-electron chi connectivity index (χ4n) is 2.65. The Bertz CT molecular complexity index is 1000. The van der Waals surface area contributed by atoms with E-state index in [1.807, 2.05) is 41.9 Å². The molecule has 0 fully saturated rings. The average Bonchev–Trinajstić information content (AvgIpc) is 3.17. The molecule has 3 heterocycles. The lowest BCUT2D eigenvalue weighted by atomic mass is 10.2. The molecular weight excluding hydrogens is 306 g/mol. The lowest BCUT2D eigenvalue weighted by Gasteiger charge is -2.08. The van der Waals surface area contributed by atoms with Gasteiger partial charge in [-0.25, -0.2) is 9.97 Å². The molecule has 0 radical (unpaired) electrons. The number of pyridine rings is 1. The first-order valence-corrected chi connectivity index (χ1v) is 7.72. The minimum absolute atomic E-state index is 0.379. The highest BCUT2D eigenvalue weighted by atomic mass is 16.4. The summed E-state index contributed by atoms with van der Waals surface area (Å²) in [5.74, 6) is 1.10. The minimum atomic E-state index is -0.490. The zero-order valence-corrected chi connectivity index (χ0v) is 13.4. The summed E-state index contributed by atoms with van der Waals surface area (Å²) in [7, 11) is 1.91. The van der Waals surface area contributed by atoms with E-state index in [4.69, 9.17) is 4.42 Å². The van der Waals surface area contributed by atoms with Gasteiger partial charge >= 0.3 is 0 Å². The number of fused-ring (bicyclic) bond motifs is 3. The van der Waals surface area contributed by atoms with Gasteiger partial charge in [0, 0.05) is 19.2 Å². The third-order valence-corrected chi connectivity index (χ3v) is 3.79. The molecule has 3 aromatic heterocycles. The van der Waals surface area contributed by atoms with E-state index in [2.05, 4.69) is 20.3 Å². The van der Waals surface area contributed by atoms with Crippen molar-refractivity contribution in [2.24, 2.45) is 7.05 Å². The van der Waals surface area contributed by atoms with Crippen LogP contribution in [0.2, 0.25) is 0 Å². The molecule has 0 aliphatic carbocycles. The fraction of sp³-hybridized carbons (Fsp3) is 0.235. The normalized spacial score (nSPS) is 12.8. The first kappa shape index (κ1) is 14.6. The molecule has 1 unspecified atom stereocenters. The van der Waals surface area contributed by atoms with Gasteiger partial charge in [0.05, 0.1) is 12.4 Å². The molecular formula is C17H17N5O2. The molecule has 0 aliphatic heterocycles. The Labute approximate surface area is 138 Å². The van der Waals surface area contributed by atoms with Crippen LogP contribution in [0.1, 0.15) is 6.92 Å². The number of hydrogen-bond acceptors (Lipinski definition) is 6. The van der Waals surface area contributed by atoms with E-state index in [0.29, 0.717) is 35.0 Å². The first-order chi connectivity index (χ1) is 11.6. The third-order valence-electron chi connectivity index (χ3n) is 3.79. The third kappa shape index (κ3) is 2.39. The van der Waals surface area contributed by atoms with Gasteiger partial charge < -0.3 is 19.4 Å². The van der Waals surface area contributed by atoms with Gasteiger partial charge in [0.1, 0.15) is 11.0 Å². The van der Waals surface area contributed by atoms with Crippen LogP contribution in [0.25, 0.3) is 33.7 Å². The highest BCUT2D eigenvalue weighted by molar-refractivity contribution is 6.03. The van der Waals surface area contributed by atoms with Crippen LogP contribution in [0.4, 0.5) is 5.82 Å². The predicted octanol–water partition coefficient (Wildman–Crippen LogP) is 2.57. The van der Waals surface area contributed by atoms with Gasteiger partial charge in [0.15, 0.2) is 11.3 Å². The Balaban J connectivity index is 1.92. The van der Waals surface area contributed by atoms with Crippen molar-refractivity contribution in [3.8, 4) is 11.5 Å². The summed E-state index contributed by atoms with van der Waals surface area (Å²) < 4.78 is 7.76. The van der Waals surface area contributed by atoms with Crippen LogP contribution in [-0.2, 0) is 7.05 Å². The van der Waals surface area contributed by atoms with Gasteiger partial charge in [-0.2, -0.15) is 4.98 Å². The Morgan fingerprint density at radius 1 is 1.21 bits per heavy atom. The van der Waals surface area contributed by atoms with Crippen molar-refractivity contribution >= 4 is 28.1 Å². The molecule has 0 bridgehead atoms. The van der Waals surface area contributed by atoms with Crippen LogP contribution in [0.5, 0.6) is 0 Å². The molecule has 1 aromatic carbocycles. The fourth-order valence-corrected chi connectivity index (χ4v) is 2.65. The quantitative estimate of drug-likeness (QED) is 0.600. The number of oxazole rings is 1. The molecule has 24 heavy (non-hydrogen) atoms. The number of aromatic nitrogens is 4. The van der Waals surface area contributed by atoms with Crippen molar-refractivity contribution in [2.75, 3.05) is 11.9 Å². The summed E-state index contributed by atoms with van der Waals surface area (Å²) >= 11 is 0. The molecule has 0 spiro atoms. The van der Waals surface area contributed by atoms with Crippen LogP contribution >= 0.6 is 0 Å². The molecule has 0 amide bonds. The molecule has 1 atom stereocenters. The monoisotopic (exact) mass is 323 g/mol. The van der Waals surface area contributed by atoms with Crippen molar-refractivity contribution in [2.45, 2.75) is 13.0 Å². The van der Waals surface area contributed by atoms with Gasteiger partial charge in [0.2, 0.25) is 5.89 Å². The molecule has 0 saturated carbocycles. The Kier molecular flexibility index (Phi) is 3.42. The van der Waals surface area contributed by atoms with Gasteiger partial charge in [-0.1, -0.05) is 18.2 Å². The second kappa shape index (κ2) is 5.61. The molecule has 0 aliphatic rings. The predicted molar refractivity (Wildman–Crippen MR) is 91.7 cm³/mol. The summed E-state index contributed by atoms with van der Waals surface area (Å²) in [5, 5.41) is 12.6. The van der Waals surface area contributed by atoms with Gasteiger partial charge in [-0.3, -0.25) is 0 Å². The molecule has 122 valence electrons. The Morgan fingerprint density at radius 2 is 2.00 bits per heavy atom. The van der Waals surface area contributed by atoms with E-state index in [1.54, 1.807) is 13.3 Å². The number of anilines is 1.